The van der Waals surface area contributed by atoms with Crippen molar-refractivity contribution in [3.05, 3.63) is 42.0 Å². The second kappa shape index (κ2) is 6.07. The van der Waals surface area contributed by atoms with Gasteiger partial charge in [0.15, 0.2) is 0 Å². The summed E-state index contributed by atoms with van der Waals surface area (Å²) < 4.78 is 5.46. The fraction of sp³-hybridized carbons (Fsp3) is 0.412. The van der Waals surface area contributed by atoms with Crippen LogP contribution in [0.2, 0.25) is 0 Å². The third kappa shape index (κ3) is 2.90. The molecule has 0 bridgehead atoms. The van der Waals surface area contributed by atoms with Crippen molar-refractivity contribution in [2.45, 2.75) is 26.3 Å². The molecule has 0 aromatic heterocycles. The maximum Gasteiger partial charge on any atom is 0.126 e. The zero-order valence-electron chi connectivity index (χ0n) is 12.2. The highest BCUT2D eigenvalue weighted by molar-refractivity contribution is 5.91. The number of hydrogen-bond acceptors (Lipinski definition) is 2. The van der Waals surface area contributed by atoms with Crippen molar-refractivity contribution in [2.75, 3.05) is 14.2 Å². The molecule has 0 aliphatic heterocycles. The number of fused-ring (bicyclic) bond motifs is 1. The number of nitrogens with one attached hydrogen (secondary N) is 1. The molecule has 2 nitrogen and oxygen atoms in total. The van der Waals surface area contributed by atoms with Gasteiger partial charge in [-0.05, 0) is 36.4 Å². The van der Waals surface area contributed by atoms with E-state index < -0.39 is 0 Å². The quantitative estimate of drug-likeness (QED) is 0.868. The Bertz CT molecular complexity index is 548. The number of ether oxygens (including phenoxy) is 1. The summed E-state index contributed by atoms with van der Waals surface area (Å²) in [5.74, 6) is 1.61. The van der Waals surface area contributed by atoms with Crippen LogP contribution in [0, 0.1) is 5.92 Å². The van der Waals surface area contributed by atoms with Crippen LogP contribution in [-0.2, 0) is 0 Å². The third-order valence-electron chi connectivity index (χ3n) is 3.57. The summed E-state index contributed by atoms with van der Waals surface area (Å²) >= 11 is 0. The summed E-state index contributed by atoms with van der Waals surface area (Å²) in [6.07, 6.45) is 1.13. The minimum absolute atomic E-state index is 0.385. The molecule has 0 spiro atoms. The van der Waals surface area contributed by atoms with Gasteiger partial charge < -0.3 is 10.1 Å². The van der Waals surface area contributed by atoms with E-state index in [1.54, 1.807) is 7.11 Å². The van der Waals surface area contributed by atoms with E-state index in [1.165, 1.54) is 16.3 Å². The molecule has 1 atom stereocenters. The average Bonchev–Trinajstić information content (AvgIpc) is 2.43. The van der Waals surface area contributed by atoms with Gasteiger partial charge in [-0.2, -0.15) is 0 Å². The topological polar surface area (TPSA) is 21.3 Å². The summed E-state index contributed by atoms with van der Waals surface area (Å²) in [7, 11) is 3.76. The smallest absolute Gasteiger partial charge is 0.126 e. The normalized spacial score (nSPS) is 12.9. The van der Waals surface area contributed by atoms with E-state index in [0.29, 0.717) is 12.0 Å². The predicted molar refractivity (Wildman–Crippen MR) is 81.8 cm³/mol. The van der Waals surface area contributed by atoms with Crippen molar-refractivity contribution in [3.63, 3.8) is 0 Å². The van der Waals surface area contributed by atoms with Crippen LogP contribution in [0.4, 0.5) is 0 Å². The van der Waals surface area contributed by atoms with Gasteiger partial charge in [-0.3, -0.25) is 0 Å². The molecule has 2 rings (SSSR count). The van der Waals surface area contributed by atoms with Crippen LogP contribution >= 0.6 is 0 Å². The SMILES string of the molecule is CNC(CC(C)C)c1ccc(OC)c2ccccc12. The number of benzene rings is 2. The van der Waals surface area contributed by atoms with Crippen LogP contribution in [0.3, 0.4) is 0 Å². The maximum absolute atomic E-state index is 5.46. The van der Waals surface area contributed by atoms with Crippen molar-refractivity contribution in [2.24, 2.45) is 5.92 Å². The van der Waals surface area contributed by atoms with Gasteiger partial charge in [0.2, 0.25) is 0 Å². The van der Waals surface area contributed by atoms with Crippen molar-refractivity contribution in [1.82, 2.24) is 5.32 Å². The van der Waals surface area contributed by atoms with Crippen molar-refractivity contribution in [1.29, 1.82) is 0 Å². The Balaban J connectivity index is 2.54. The molecule has 2 aromatic rings. The van der Waals surface area contributed by atoms with Crippen LogP contribution < -0.4 is 10.1 Å². The zero-order chi connectivity index (χ0) is 13.8. The van der Waals surface area contributed by atoms with Crippen LogP contribution in [0.15, 0.2) is 36.4 Å². The summed E-state index contributed by atoms with van der Waals surface area (Å²) in [5, 5.41) is 5.90. The monoisotopic (exact) mass is 257 g/mol. The summed E-state index contributed by atoms with van der Waals surface area (Å²) in [6, 6.07) is 13.1. The van der Waals surface area contributed by atoms with Crippen LogP contribution in [0.1, 0.15) is 31.9 Å². The first kappa shape index (κ1) is 13.9. The van der Waals surface area contributed by atoms with E-state index in [2.05, 4.69) is 55.6 Å². The Morgan fingerprint density at radius 2 is 1.74 bits per heavy atom. The van der Waals surface area contributed by atoms with Crippen LogP contribution in [-0.4, -0.2) is 14.2 Å². The molecule has 0 saturated heterocycles. The second-order valence-corrected chi connectivity index (χ2v) is 5.37. The van der Waals surface area contributed by atoms with Gasteiger partial charge in [0.25, 0.3) is 0 Å². The molecule has 1 unspecified atom stereocenters. The molecule has 2 heteroatoms. The van der Waals surface area contributed by atoms with Crippen LogP contribution in [0.5, 0.6) is 5.75 Å². The molecule has 0 aliphatic carbocycles. The first-order valence-electron chi connectivity index (χ1n) is 6.90. The van der Waals surface area contributed by atoms with E-state index in [9.17, 15) is 0 Å². The Kier molecular flexibility index (Phi) is 4.43. The largest absolute Gasteiger partial charge is 0.496 e. The Morgan fingerprint density at radius 3 is 2.32 bits per heavy atom. The van der Waals surface area contributed by atoms with E-state index in [0.717, 1.165) is 12.2 Å². The highest BCUT2D eigenvalue weighted by atomic mass is 16.5. The molecule has 2 aromatic carbocycles. The van der Waals surface area contributed by atoms with Crippen LogP contribution in [0.25, 0.3) is 10.8 Å². The molecule has 0 fully saturated rings. The lowest BCUT2D eigenvalue weighted by Crippen LogP contribution is -2.18. The lowest BCUT2D eigenvalue weighted by Gasteiger charge is -2.21. The van der Waals surface area contributed by atoms with Gasteiger partial charge in [0, 0.05) is 11.4 Å². The molecule has 0 amide bonds. The van der Waals surface area contributed by atoms with E-state index >= 15 is 0 Å². The zero-order valence-corrected chi connectivity index (χ0v) is 12.2. The molecule has 0 saturated carbocycles. The average molecular weight is 257 g/mol. The first-order valence-corrected chi connectivity index (χ1v) is 6.90. The maximum atomic E-state index is 5.46. The van der Waals surface area contributed by atoms with Crippen molar-refractivity contribution < 1.29 is 4.74 Å². The molecule has 0 aliphatic rings. The minimum atomic E-state index is 0.385. The Morgan fingerprint density at radius 1 is 1.05 bits per heavy atom. The molecule has 19 heavy (non-hydrogen) atoms. The minimum Gasteiger partial charge on any atom is -0.496 e. The molecular weight excluding hydrogens is 234 g/mol. The lowest BCUT2D eigenvalue weighted by molar-refractivity contribution is 0.419. The first-order chi connectivity index (χ1) is 9.17. The summed E-state index contributed by atoms with van der Waals surface area (Å²) in [5.41, 5.74) is 1.35. The van der Waals surface area contributed by atoms with Crippen molar-refractivity contribution >= 4 is 10.8 Å². The highest BCUT2D eigenvalue weighted by Gasteiger charge is 2.15. The van der Waals surface area contributed by atoms with Crippen molar-refractivity contribution in [3.8, 4) is 5.75 Å². The number of rotatable bonds is 5. The summed E-state index contributed by atoms with van der Waals surface area (Å²) in [6.45, 7) is 4.52. The third-order valence-corrected chi connectivity index (χ3v) is 3.57. The standard InChI is InChI=1S/C17H23NO/c1-12(2)11-16(18-3)14-9-10-17(19-4)15-8-6-5-7-13(14)15/h5-10,12,16,18H,11H2,1-4H3. The number of methoxy groups -OCH3 is 1. The number of hydrogen-bond donors (Lipinski definition) is 1. The molecule has 0 heterocycles. The van der Waals surface area contributed by atoms with Gasteiger partial charge in [-0.1, -0.05) is 44.2 Å². The molecule has 1 N–H and O–H groups in total. The predicted octanol–water partition coefficient (Wildman–Crippen LogP) is 4.16. The summed E-state index contributed by atoms with van der Waals surface area (Å²) in [4.78, 5) is 0. The lowest BCUT2D eigenvalue weighted by atomic mass is 9.92. The van der Waals surface area contributed by atoms with Gasteiger partial charge in [0.1, 0.15) is 5.75 Å². The van der Waals surface area contributed by atoms with Gasteiger partial charge in [0.05, 0.1) is 7.11 Å². The fourth-order valence-electron chi connectivity index (χ4n) is 2.65. The van der Waals surface area contributed by atoms with Gasteiger partial charge >= 0.3 is 0 Å². The Labute approximate surface area is 115 Å². The molecule has 0 radical (unpaired) electrons. The van der Waals surface area contributed by atoms with Gasteiger partial charge in [-0.15, -0.1) is 0 Å². The second-order valence-electron chi connectivity index (χ2n) is 5.37. The highest BCUT2D eigenvalue weighted by Crippen LogP contribution is 2.33. The van der Waals surface area contributed by atoms with E-state index in [1.807, 2.05) is 7.05 Å². The molecule has 102 valence electrons. The molecular formula is C17H23NO. The fourth-order valence-corrected chi connectivity index (χ4v) is 2.65. The van der Waals surface area contributed by atoms with E-state index in [-0.39, 0.29) is 0 Å². The van der Waals surface area contributed by atoms with Gasteiger partial charge in [-0.25, -0.2) is 0 Å². The Hall–Kier alpha value is -1.54. The van der Waals surface area contributed by atoms with E-state index in [4.69, 9.17) is 4.74 Å².